The Labute approximate surface area is 174 Å². The van der Waals surface area contributed by atoms with Crippen LogP contribution in [0.1, 0.15) is 56.3 Å². The normalized spacial score (nSPS) is 21.1. The second-order valence-electron chi connectivity index (χ2n) is 7.31. The first kappa shape index (κ1) is 22.8. The number of carboxylic acids is 1. The van der Waals surface area contributed by atoms with Gasteiger partial charge in [-0.15, -0.1) is 0 Å². The molecular formula is C22H34O3SSe. The van der Waals surface area contributed by atoms with E-state index in [1.807, 2.05) is 11.8 Å². The summed E-state index contributed by atoms with van der Waals surface area (Å²) in [5.41, 5.74) is 0. The van der Waals surface area contributed by atoms with Crippen molar-refractivity contribution in [1.82, 2.24) is 0 Å². The predicted molar refractivity (Wildman–Crippen MR) is 116 cm³/mol. The topological polar surface area (TPSA) is 46.5 Å². The van der Waals surface area contributed by atoms with Gasteiger partial charge in [0.25, 0.3) is 0 Å². The minimum atomic E-state index is -0.686. The van der Waals surface area contributed by atoms with Crippen LogP contribution < -0.4 is 0 Å². The summed E-state index contributed by atoms with van der Waals surface area (Å²) in [6.07, 6.45) is 12.7. The van der Waals surface area contributed by atoms with Crippen molar-refractivity contribution in [3.63, 3.8) is 0 Å². The van der Waals surface area contributed by atoms with E-state index >= 15 is 0 Å². The van der Waals surface area contributed by atoms with E-state index in [1.165, 1.54) is 35.9 Å². The number of aliphatic carboxylic acids is 1. The third-order valence-electron chi connectivity index (χ3n) is 5.21. The summed E-state index contributed by atoms with van der Waals surface area (Å²) in [6.45, 7) is 3.91. The molecule has 1 aromatic heterocycles. The van der Waals surface area contributed by atoms with Gasteiger partial charge in [-0.05, 0) is 0 Å². The first-order valence-electron chi connectivity index (χ1n) is 10.3. The fourth-order valence-electron chi connectivity index (χ4n) is 3.69. The molecule has 0 saturated carbocycles. The van der Waals surface area contributed by atoms with Gasteiger partial charge in [0.2, 0.25) is 0 Å². The van der Waals surface area contributed by atoms with Crippen LogP contribution in [0.4, 0.5) is 0 Å². The molecule has 1 aromatic rings. The van der Waals surface area contributed by atoms with Gasteiger partial charge < -0.3 is 0 Å². The van der Waals surface area contributed by atoms with Crippen LogP contribution in [0.25, 0.3) is 0 Å². The fourth-order valence-corrected chi connectivity index (χ4v) is 6.61. The van der Waals surface area contributed by atoms with Crippen LogP contribution in [0.15, 0.2) is 29.2 Å². The van der Waals surface area contributed by atoms with Gasteiger partial charge in [0.05, 0.1) is 0 Å². The molecule has 0 spiro atoms. The molecule has 0 bridgehead atoms. The van der Waals surface area contributed by atoms with Crippen LogP contribution in [0.2, 0.25) is 0 Å². The summed E-state index contributed by atoms with van der Waals surface area (Å²) < 4.78 is 7.48. The molecule has 2 heterocycles. The van der Waals surface area contributed by atoms with E-state index in [2.05, 4.69) is 36.1 Å². The van der Waals surface area contributed by atoms with Crippen LogP contribution in [0, 0.1) is 11.8 Å². The zero-order valence-electron chi connectivity index (χ0n) is 16.5. The first-order chi connectivity index (χ1) is 13.2. The number of ether oxygens (including phenoxy) is 1. The number of hydrogen-bond acceptors (Lipinski definition) is 3. The number of carbonyl (C=O) groups is 1. The second-order valence-corrected chi connectivity index (χ2v) is 10.8. The summed E-state index contributed by atoms with van der Waals surface area (Å²) in [6, 6.07) is 4.36. The Hall–Kier alpha value is -0.481. The Kier molecular flexibility index (Phi) is 11.5. The van der Waals surface area contributed by atoms with E-state index in [0.717, 1.165) is 32.5 Å². The number of thioether (sulfide) groups is 1. The fraction of sp³-hybridized carbons (Fsp3) is 0.682. The summed E-state index contributed by atoms with van der Waals surface area (Å²) in [5, 5.41) is 9.65. The molecule has 1 saturated heterocycles. The van der Waals surface area contributed by atoms with Gasteiger partial charge in [-0.1, -0.05) is 19.8 Å². The Morgan fingerprint density at radius 3 is 3.07 bits per heavy atom. The van der Waals surface area contributed by atoms with Crippen LogP contribution in [0.3, 0.4) is 0 Å². The standard InChI is InChI=1S/C22H34O3SSe/c1-2-3-4-5-14-25-17-21-20(13-15-26-21)18(11-12-22(23)24)8-6-9-19-10-7-16-27-19/h6-8,10,16,18,20-21H,2-5,9,11-15,17H2,1H3,(H,23,24)/b8-6-/t18-,20+,21?/m1/s1. The average molecular weight is 458 g/mol. The molecule has 1 unspecified atom stereocenters. The van der Waals surface area contributed by atoms with Gasteiger partial charge >= 0.3 is 155 Å². The van der Waals surface area contributed by atoms with Gasteiger partial charge in [-0.2, -0.15) is 0 Å². The molecule has 0 amide bonds. The van der Waals surface area contributed by atoms with Crippen molar-refractivity contribution in [2.75, 3.05) is 19.0 Å². The molecule has 1 aliphatic rings. The molecular weight excluding hydrogens is 423 g/mol. The van der Waals surface area contributed by atoms with Gasteiger partial charge in [0.1, 0.15) is 0 Å². The van der Waals surface area contributed by atoms with Crippen molar-refractivity contribution in [3.8, 4) is 0 Å². The third kappa shape index (κ3) is 9.04. The van der Waals surface area contributed by atoms with Crippen LogP contribution >= 0.6 is 11.8 Å². The SMILES string of the molecule is CCCCCCOCC1SCC[C@H]1[C@H](/C=C\Cc1ccc[se]1)CCC(=O)O. The second kappa shape index (κ2) is 13.7. The molecule has 0 aliphatic carbocycles. The van der Waals surface area contributed by atoms with Gasteiger partial charge in [-0.25, -0.2) is 0 Å². The maximum atomic E-state index is 11.1. The van der Waals surface area contributed by atoms with Crippen molar-refractivity contribution in [2.45, 2.75) is 63.5 Å². The summed E-state index contributed by atoms with van der Waals surface area (Å²) in [5.74, 6) is 1.38. The summed E-state index contributed by atoms with van der Waals surface area (Å²) >= 11 is 2.53. The van der Waals surface area contributed by atoms with Crippen LogP contribution in [-0.4, -0.2) is 49.8 Å². The van der Waals surface area contributed by atoms with Gasteiger partial charge in [-0.3, -0.25) is 0 Å². The molecule has 152 valence electrons. The first-order valence-corrected chi connectivity index (χ1v) is 13.2. The van der Waals surface area contributed by atoms with Gasteiger partial charge in [0, 0.05) is 0 Å². The molecule has 5 heteroatoms. The summed E-state index contributed by atoms with van der Waals surface area (Å²) in [4.78, 5) is 13.4. The Morgan fingerprint density at radius 1 is 1.44 bits per heavy atom. The maximum absolute atomic E-state index is 11.1. The van der Waals surface area contributed by atoms with Gasteiger partial charge in [0.15, 0.2) is 0 Å². The zero-order valence-corrected chi connectivity index (χ0v) is 19.0. The molecule has 1 aliphatic heterocycles. The number of hydrogen-bond donors (Lipinski definition) is 1. The van der Waals surface area contributed by atoms with E-state index in [4.69, 9.17) is 9.84 Å². The minimum absolute atomic E-state index is 0.259. The number of carboxylic acid groups (broad SMARTS) is 1. The van der Waals surface area contributed by atoms with E-state index < -0.39 is 5.97 Å². The van der Waals surface area contributed by atoms with Crippen LogP contribution in [-0.2, 0) is 16.0 Å². The molecule has 0 aromatic carbocycles. The molecule has 1 N–H and O–H groups in total. The Bertz CT molecular complexity index is 544. The van der Waals surface area contributed by atoms with E-state index in [0.29, 0.717) is 31.6 Å². The average Bonchev–Trinajstić information content (AvgIpc) is 3.32. The Balaban J connectivity index is 1.85. The van der Waals surface area contributed by atoms with E-state index in [9.17, 15) is 4.79 Å². The van der Waals surface area contributed by atoms with E-state index in [1.54, 1.807) is 0 Å². The third-order valence-corrected chi connectivity index (χ3v) is 8.48. The van der Waals surface area contributed by atoms with Crippen molar-refractivity contribution in [2.24, 2.45) is 11.8 Å². The van der Waals surface area contributed by atoms with Crippen molar-refractivity contribution in [3.05, 3.63) is 33.7 Å². The van der Waals surface area contributed by atoms with Crippen molar-refractivity contribution < 1.29 is 14.6 Å². The van der Waals surface area contributed by atoms with Crippen molar-refractivity contribution in [1.29, 1.82) is 0 Å². The Morgan fingerprint density at radius 2 is 2.33 bits per heavy atom. The predicted octanol–water partition coefficient (Wildman–Crippen LogP) is 5.04. The molecule has 3 atom stereocenters. The van der Waals surface area contributed by atoms with E-state index in [-0.39, 0.29) is 6.42 Å². The monoisotopic (exact) mass is 458 g/mol. The number of allylic oxidation sites excluding steroid dienone is 2. The van der Waals surface area contributed by atoms with Crippen LogP contribution in [0.5, 0.6) is 0 Å². The molecule has 1 fully saturated rings. The number of rotatable bonds is 14. The van der Waals surface area contributed by atoms with Crippen molar-refractivity contribution >= 4 is 32.2 Å². The summed E-state index contributed by atoms with van der Waals surface area (Å²) in [7, 11) is 0. The molecule has 3 nitrogen and oxygen atoms in total. The molecule has 27 heavy (non-hydrogen) atoms. The molecule has 0 radical (unpaired) electrons. The molecule has 2 rings (SSSR count). The number of unbranched alkanes of at least 4 members (excludes halogenated alkanes) is 3. The quantitative estimate of drug-likeness (QED) is 0.242. The zero-order chi connectivity index (χ0) is 19.3.